The summed E-state index contributed by atoms with van der Waals surface area (Å²) in [4.78, 5) is 9.65. The summed E-state index contributed by atoms with van der Waals surface area (Å²) in [5.74, 6) is 0.884. The number of rotatable bonds is 8. The van der Waals surface area contributed by atoms with Crippen LogP contribution < -0.4 is 10.6 Å². The standard InChI is InChI=1S/C21H35N5O2/c1-2-22-21(23-6-7-25-8-12-27-13-9-25)24-17-19-4-3-5-20(16-19)18-26-10-14-28-15-11-26/h3-5,16H,2,6-15,17-18H2,1H3,(H2,22,23,24). The van der Waals surface area contributed by atoms with E-state index < -0.39 is 0 Å². The molecule has 28 heavy (non-hydrogen) atoms. The Balaban J connectivity index is 1.48. The van der Waals surface area contributed by atoms with E-state index in [9.17, 15) is 0 Å². The minimum atomic E-state index is 0.684. The summed E-state index contributed by atoms with van der Waals surface area (Å²) in [5, 5.41) is 6.80. The first-order chi connectivity index (χ1) is 13.8. The Bertz CT molecular complexity index is 598. The largest absolute Gasteiger partial charge is 0.379 e. The van der Waals surface area contributed by atoms with Crippen molar-refractivity contribution in [2.75, 3.05) is 72.2 Å². The normalized spacial score (nSPS) is 19.5. The number of morpholine rings is 2. The molecule has 0 aromatic heterocycles. The minimum Gasteiger partial charge on any atom is -0.379 e. The highest BCUT2D eigenvalue weighted by Crippen LogP contribution is 2.11. The van der Waals surface area contributed by atoms with Gasteiger partial charge in [0.05, 0.1) is 33.0 Å². The van der Waals surface area contributed by atoms with Crippen molar-refractivity contribution in [2.45, 2.75) is 20.0 Å². The number of aliphatic imine (C=N–C) groups is 1. The van der Waals surface area contributed by atoms with Crippen LogP contribution in [0.5, 0.6) is 0 Å². The molecule has 0 unspecified atom stereocenters. The van der Waals surface area contributed by atoms with E-state index in [0.29, 0.717) is 6.54 Å². The molecule has 2 aliphatic heterocycles. The zero-order chi connectivity index (χ0) is 19.4. The van der Waals surface area contributed by atoms with E-state index in [1.807, 2.05) is 0 Å². The number of hydrogen-bond donors (Lipinski definition) is 2. The fraction of sp³-hybridized carbons (Fsp3) is 0.667. The highest BCUT2D eigenvalue weighted by Gasteiger charge is 2.11. The molecular weight excluding hydrogens is 354 g/mol. The molecule has 1 aromatic carbocycles. The van der Waals surface area contributed by atoms with Crippen LogP contribution in [0, 0.1) is 0 Å². The lowest BCUT2D eigenvalue weighted by atomic mass is 10.1. The van der Waals surface area contributed by atoms with Crippen LogP contribution in [0.25, 0.3) is 0 Å². The van der Waals surface area contributed by atoms with Crippen molar-refractivity contribution in [2.24, 2.45) is 4.99 Å². The highest BCUT2D eigenvalue weighted by atomic mass is 16.5. The molecule has 2 saturated heterocycles. The van der Waals surface area contributed by atoms with Gasteiger partial charge in [0.2, 0.25) is 0 Å². The molecule has 3 rings (SSSR count). The number of guanidine groups is 1. The Hall–Kier alpha value is -1.67. The lowest BCUT2D eigenvalue weighted by molar-refractivity contribution is 0.0342. The number of benzene rings is 1. The molecule has 0 amide bonds. The Morgan fingerprint density at radius 1 is 0.964 bits per heavy atom. The minimum absolute atomic E-state index is 0.684. The first-order valence-corrected chi connectivity index (χ1v) is 10.5. The summed E-state index contributed by atoms with van der Waals surface area (Å²) in [6.07, 6.45) is 0. The second-order valence-electron chi connectivity index (χ2n) is 7.28. The van der Waals surface area contributed by atoms with Crippen molar-refractivity contribution >= 4 is 5.96 Å². The topological polar surface area (TPSA) is 61.4 Å². The molecule has 2 fully saturated rings. The summed E-state index contributed by atoms with van der Waals surface area (Å²) in [6, 6.07) is 8.77. The van der Waals surface area contributed by atoms with Crippen LogP contribution in [0.4, 0.5) is 0 Å². The first-order valence-electron chi connectivity index (χ1n) is 10.5. The van der Waals surface area contributed by atoms with E-state index in [1.54, 1.807) is 0 Å². The summed E-state index contributed by atoms with van der Waals surface area (Å²) in [7, 11) is 0. The molecule has 0 bridgehead atoms. The Labute approximate surface area is 169 Å². The van der Waals surface area contributed by atoms with E-state index in [0.717, 1.165) is 84.7 Å². The van der Waals surface area contributed by atoms with Gasteiger partial charge >= 0.3 is 0 Å². The van der Waals surface area contributed by atoms with Crippen molar-refractivity contribution in [1.82, 2.24) is 20.4 Å². The Morgan fingerprint density at radius 2 is 1.64 bits per heavy atom. The van der Waals surface area contributed by atoms with Crippen LogP contribution in [0.15, 0.2) is 29.3 Å². The fourth-order valence-corrected chi connectivity index (χ4v) is 3.51. The average molecular weight is 390 g/mol. The molecular formula is C21H35N5O2. The molecule has 7 heteroatoms. The van der Waals surface area contributed by atoms with Gasteiger partial charge in [-0.2, -0.15) is 0 Å². The van der Waals surface area contributed by atoms with Gasteiger partial charge in [-0.3, -0.25) is 9.80 Å². The quantitative estimate of drug-likeness (QED) is 0.509. The van der Waals surface area contributed by atoms with E-state index in [2.05, 4.69) is 51.6 Å². The molecule has 1 aromatic rings. The number of nitrogens with one attached hydrogen (secondary N) is 2. The fourth-order valence-electron chi connectivity index (χ4n) is 3.51. The maximum Gasteiger partial charge on any atom is 0.191 e. The van der Waals surface area contributed by atoms with Gasteiger partial charge in [-0.25, -0.2) is 4.99 Å². The van der Waals surface area contributed by atoms with Crippen molar-refractivity contribution in [3.05, 3.63) is 35.4 Å². The van der Waals surface area contributed by atoms with Gasteiger partial charge in [-0.05, 0) is 18.1 Å². The maximum absolute atomic E-state index is 5.44. The zero-order valence-electron chi connectivity index (χ0n) is 17.2. The van der Waals surface area contributed by atoms with Gasteiger partial charge in [0.1, 0.15) is 0 Å². The van der Waals surface area contributed by atoms with Crippen molar-refractivity contribution in [3.8, 4) is 0 Å². The van der Waals surface area contributed by atoms with E-state index in [-0.39, 0.29) is 0 Å². The molecule has 0 aliphatic carbocycles. The summed E-state index contributed by atoms with van der Waals surface area (Å²) >= 11 is 0. The van der Waals surface area contributed by atoms with E-state index >= 15 is 0 Å². The number of hydrogen-bond acceptors (Lipinski definition) is 5. The van der Waals surface area contributed by atoms with E-state index in [1.165, 1.54) is 11.1 Å². The number of ether oxygens (including phenoxy) is 2. The maximum atomic E-state index is 5.44. The van der Waals surface area contributed by atoms with Gasteiger partial charge in [0.15, 0.2) is 5.96 Å². The Kier molecular flexibility index (Phi) is 9.03. The summed E-state index contributed by atoms with van der Waals surface area (Å²) < 4.78 is 10.8. The lowest BCUT2D eigenvalue weighted by Crippen LogP contribution is -2.44. The van der Waals surface area contributed by atoms with Gasteiger partial charge < -0.3 is 20.1 Å². The molecule has 156 valence electrons. The molecule has 0 radical (unpaired) electrons. The predicted octanol–water partition coefficient (Wildman–Crippen LogP) is 0.906. The van der Waals surface area contributed by atoms with Gasteiger partial charge in [0, 0.05) is 52.4 Å². The monoisotopic (exact) mass is 389 g/mol. The van der Waals surface area contributed by atoms with Crippen molar-refractivity contribution in [1.29, 1.82) is 0 Å². The van der Waals surface area contributed by atoms with E-state index in [4.69, 9.17) is 14.5 Å². The van der Waals surface area contributed by atoms with Crippen LogP contribution in [0.3, 0.4) is 0 Å². The third kappa shape index (κ3) is 7.39. The Morgan fingerprint density at radius 3 is 2.36 bits per heavy atom. The molecule has 2 heterocycles. The first kappa shape index (κ1) is 21.0. The van der Waals surface area contributed by atoms with Crippen LogP contribution >= 0.6 is 0 Å². The lowest BCUT2D eigenvalue weighted by Gasteiger charge is -2.26. The third-order valence-corrected chi connectivity index (χ3v) is 5.09. The van der Waals surface area contributed by atoms with Gasteiger partial charge in [-0.1, -0.05) is 24.3 Å². The van der Waals surface area contributed by atoms with Crippen LogP contribution in [0.2, 0.25) is 0 Å². The molecule has 7 nitrogen and oxygen atoms in total. The second-order valence-corrected chi connectivity index (χ2v) is 7.28. The average Bonchev–Trinajstić information content (AvgIpc) is 2.74. The van der Waals surface area contributed by atoms with Crippen molar-refractivity contribution < 1.29 is 9.47 Å². The van der Waals surface area contributed by atoms with Gasteiger partial charge in [-0.15, -0.1) is 0 Å². The van der Waals surface area contributed by atoms with Crippen LogP contribution in [-0.4, -0.2) is 88.0 Å². The zero-order valence-corrected chi connectivity index (χ0v) is 17.2. The molecule has 2 N–H and O–H groups in total. The van der Waals surface area contributed by atoms with Crippen molar-refractivity contribution in [3.63, 3.8) is 0 Å². The van der Waals surface area contributed by atoms with Crippen LogP contribution in [-0.2, 0) is 22.6 Å². The molecule has 0 spiro atoms. The molecule has 0 saturated carbocycles. The van der Waals surface area contributed by atoms with Gasteiger partial charge in [0.25, 0.3) is 0 Å². The number of nitrogens with zero attached hydrogens (tertiary/aromatic N) is 3. The molecule has 2 aliphatic rings. The highest BCUT2D eigenvalue weighted by molar-refractivity contribution is 5.79. The SMILES string of the molecule is CCNC(=NCc1cccc(CN2CCOCC2)c1)NCCN1CCOCC1. The predicted molar refractivity (Wildman–Crippen MR) is 113 cm³/mol. The smallest absolute Gasteiger partial charge is 0.191 e. The summed E-state index contributed by atoms with van der Waals surface area (Å²) in [6.45, 7) is 14.0. The second kappa shape index (κ2) is 12.0. The molecule has 0 atom stereocenters. The third-order valence-electron chi connectivity index (χ3n) is 5.09. The van der Waals surface area contributed by atoms with Crippen LogP contribution in [0.1, 0.15) is 18.1 Å². The summed E-state index contributed by atoms with van der Waals surface area (Å²) in [5.41, 5.74) is 2.59.